The topological polar surface area (TPSA) is 53.1 Å². The molecule has 3 nitrogen and oxygen atoms in total. The molecule has 0 atom stereocenters. The summed E-state index contributed by atoms with van der Waals surface area (Å²) in [5, 5.41) is 10.1. The summed E-state index contributed by atoms with van der Waals surface area (Å²) < 4.78 is 0. The van der Waals surface area contributed by atoms with Gasteiger partial charge in [-0.2, -0.15) is 0 Å². The summed E-state index contributed by atoms with van der Waals surface area (Å²) >= 11 is 0. The molecule has 0 saturated carbocycles. The average molecular weight is 175 g/mol. The van der Waals surface area contributed by atoms with E-state index in [4.69, 9.17) is 0 Å². The molecule has 0 amide bonds. The van der Waals surface area contributed by atoms with E-state index < -0.39 is 0 Å². The summed E-state index contributed by atoms with van der Waals surface area (Å²) in [4.78, 5) is 13.7. The lowest BCUT2D eigenvalue weighted by Gasteiger charge is -2.02. The van der Waals surface area contributed by atoms with Crippen molar-refractivity contribution in [1.29, 1.82) is 0 Å². The molecular weight excluding hydrogens is 166 g/mol. The maximum absolute atomic E-state index is 11.0. The fourth-order valence-electron chi connectivity index (χ4n) is 1.38. The highest BCUT2D eigenvalue weighted by Crippen LogP contribution is 2.23. The normalized spacial score (nSPS) is 10.5. The SMILES string of the molecule is Cc1ccc(O)c2ccc(=O)[nH]c12. The molecule has 1 aromatic heterocycles. The Morgan fingerprint density at radius 2 is 2.00 bits per heavy atom. The summed E-state index contributed by atoms with van der Waals surface area (Å²) in [5.41, 5.74) is 1.50. The first-order valence-corrected chi connectivity index (χ1v) is 4.00. The summed E-state index contributed by atoms with van der Waals surface area (Å²) in [6.07, 6.45) is 0. The zero-order valence-corrected chi connectivity index (χ0v) is 7.16. The van der Waals surface area contributed by atoms with Crippen molar-refractivity contribution in [3.8, 4) is 5.75 Å². The highest BCUT2D eigenvalue weighted by molar-refractivity contribution is 5.87. The molecular formula is C10H9NO2. The van der Waals surface area contributed by atoms with Crippen LogP contribution in [0, 0.1) is 6.92 Å². The van der Waals surface area contributed by atoms with Gasteiger partial charge in [0.1, 0.15) is 5.75 Å². The van der Waals surface area contributed by atoms with Crippen LogP contribution in [-0.2, 0) is 0 Å². The van der Waals surface area contributed by atoms with Crippen LogP contribution in [0.5, 0.6) is 5.75 Å². The Kier molecular flexibility index (Phi) is 1.59. The second-order valence-corrected chi connectivity index (χ2v) is 3.01. The Hall–Kier alpha value is -1.77. The molecule has 0 saturated heterocycles. The zero-order chi connectivity index (χ0) is 9.42. The number of fused-ring (bicyclic) bond motifs is 1. The predicted molar refractivity (Wildman–Crippen MR) is 51.0 cm³/mol. The number of benzene rings is 1. The van der Waals surface area contributed by atoms with Crippen molar-refractivity contribution in [2.24, 2.45) is 0 Å². The van der Waals surface area contributed by atoms with Gasteiger partial charge in [0.15, 0.2) is 0 Å². The van der Waals surface area contributed by atoms with Gasteiger partial charge in [0, 0.05) is 11.5 Å². The van der Waals surface area contributed by atoms with Crippen LogP contribution >= 0.6 is 0 Å². The van der Waals surface area contributed by atoms with Crippen molar-refractivity contribution in [3.63, 3.8) is 0 Å². The molecule has 13 heavy (non-hydrogen) atoms. The number of hydrogen-bond acceptors (Lipinski definition) is 2. The van der Waals surface area contributed by atoms with Gasteiger partial charge in [-0.05, 0) is 24.6 Å². The number of nitrogens with one attached hydrogen (secondary N) is 1. The number of H-pyrrole nitrogens is 1. The lowest BCUT2D eigenvalue weighted by Crippen LogP contribution is -2.03. The standard InChI is InChI=1S/C10H9NO2/c1-6-2-4-8(12)7-3-5-9(13)11-10(6)7/h2-5,12H,1H3,(H,11,13). The molecule has 2 aromatic rings. The van der Waals surface area contributed by atoms with Crippen LogP contribution in [0.15, 0.2) is 29.1 Å². The molecule has 0 fully saturated rings. The molecule has 3 heteroatoms. The van der Waals surface area contributed by atoms with Gasteiger partial charge < -0.3 is 10.1 Å². The molecule has 2 rings (SSSR count). The number of rotatable bonds is 0. The Morgan fingerprint density at radius 3 is 2.77 bits per heavy atom. The maximum Gasteiger partial charge on any atom is 0.248 e. The first kappa shape index (κ1) is 7.86. The van der Waals surface area contributed by atoms with Crippen LogP contribution in [0.2, 0.25) is 0 Å². The van der Waals surface area contributed by atoms with E-state index in [0.29, 0.717) is 10.9 Å². The highest BCUT2D eigenvalue weighted by Gasteiger charge is 2.01. The second kappa shape index (κ2) is 2.62. The summed E-state index contributed by atoms with van der Waals surface area (Å²) in [6.45, 7) is 1.89. The van der Waals surface area contributed by atoms with E-state index in [9.17, 15) is 9.90 Å². The van der Waals surface area contributed by atoms with Crippen LogP contribution in [0.3, 0.4) is 0 Å². The quantitative estimate of drug-likeness (QED) is 0.638. The van der Waals surface area contributed by atoms with Crippen molar-refractivity contribution in [3.05, 3.63) is 40.2 Å². The van der Waals surface area contributed by atoms with Gasteiger partial charge in [-0.15, -0.1) is 0 Å². The van der Waals surface area contributed by atoms with Gasteiger partial charge in [-0.25, -0.2) is 0 Å². The molecule has 2 N–H and O–H groups in total. The summed E-state index contributed by atoms with van der Waals surface area (Å²) in [6, 6.07) is 6.42. The van der Waals surface area contributed by atoms with Crippen molar-refractivity contribution < 1.29 is 5.11 Å². The molecule has 1 aromatic carbocycles. The van der Waals surface area contributed by atoms with Gasteiger partial charge >= 0.3 is 0 Å². The van der Waals surface area contributed by atoms with Crippen LogP contribution in [0.1, 0.15) is 5.56 Å². The van der Waals surface area contributed by atoms with E-state index in [-0.39, 0.29) is 11.3 Å². The molecule has 0 aliphatic carbocycles. The van der Waals surface area contributed by atoms with Gasteiger partial charge in [0.2, 0.25) is 5.56 Å². The highest BCUT2D eigenvalue weighted by atomic mass is 16.3. The fraction of sp³-hybridized carbons (Fsp3) is 0.100. The second-order valence-electron chi connectivity index (χ2n) is 3.01. The molecule has 0 aliphatic rings. The minimum Gasteiger partial charge on any atom is -0.507 e. The van der Waals surface area contributed by atoms with E-state index in [2.05, 4.69) is 4.98 Å². The molecule has 66 valence electrons. The van der Waals surface area contributed by atoms with Crippen molar-refractivity contribution in [2.45, 2.75) is 6.92 Å². The third-order valence-electron chi connectivity index (χ3n) is 2.08. The molecule has 0 bridgehead atoms. The smallest absolute Gasteiger partial charge is 0.248 e. The minimum absolute atomic E-state index is 0.152. The summed E-state index contributed by atoms with van der Waals surface area (Å²) in [5.74, 6) is 0.192. The van der Waals surface area contributed by atoms with Crippen LogP contribution < -0.4 is 5.56 Å². The van der Waals surface area contributed by atoms with Gasteiger partial charge in [-0.1, -0.05) is 6.07 Å². The predicted octanol–water partition coefficient (Wildman–Crippen LogP) is 1.54. The van der Waals surface area contributed by atoms with E-state index in [1.54, 1.807) is 18.2 Å². The van der Waals surface area contributed by atoms with Crippen LogP contribution in [0.4, 0.5) is 0 Å². The number of phenols is 1. The largest absolute Gasteiger partial charge is 0.507 e. The lowest BCUT2D eigenvalue weighted by molar-refractivity contribution is 0.481. The Morgan fingerprint density at radius 1 is 1.23 bits per heavy atom. The zero-order valence-electron chi connectivity index (χ0n) is 7.16. The number of aromatic nitrogens is 1. The van der Waals surface area contributed by atoms with Crippen LogP contribution in [-0.4, -0.2) is 10.1 Å². The summed E-state index contributed by atoms with van der Waals surface area (Å²) in [7, 11) is 0. The monoisotopic (exact) mass is 175 g/mol. The van der Waals surface area contributed by atoms with E-state index in [1.165, 1.54) is 6.07 Å². The molecule has 0 aliphatic heterocycles. The van der Waals surface area contributed by atoms with Gasteiger partial charge in [0.05, 0.1) is 5.52 Å². The number of aromatic amines is 1. The van der Waals surface area contributed by atoms with Crippen LogP contribution in [0.25, 0.3) is 10.9 Å². The third kappa shape index (κ3) is 1.18. The van der Waals surface area contributed by atoms with Gasteiger partial charge in [0.25, 0.3) is 0 Å². The maximum atomic E-state index is 11.0. The third-order valence-corrected chi connectivity index (χ3v) is 2.08. The van der Waals surface area contributed by atoms with E-state index >= 15 is 0 Å². The number of aromatic hydroxyl groups is 1. The number of aryl methyl sites for hydroxylation is 1. The molecule has 0 unspecified atom stereocenters. The Balaban J connectivity index is 3.00. The Labute approximate surface area is 74.7 Å². The van der Waals surface area contributed by atoms with Crippen molar-refractivity contribution in [1.82, 2.24) is 4.98 Å². The molecule has 1 heterocycles. The first-order valence-electron chi connectivity index (χ1n) is 4.00. The van der Waals surface area contributed by atoms with E-state index in [1.807, 2.05) is 6.92 Å². The first-order chi connectivity index (χ1) is 6.18. The van der Waals surface area contributed by atoms with Gasteiger partial charge in [-0.3, -0.25) is 4.79 Å². The molecule has 0 radical (unpaired) electrons. The minimum atomic E-state index is -0.152. The number of phenolic OH excluding ortho intramolecular Hbond substituents is 1. The number of hydrogen-bond donors (Lipinski definition) is 2. The Bertz CT molecular complexity index is 514. The number of pyridine rings is 1. The van der Waals surface area contributed by atoms with Crippen molar-refractivity contribution >= 4 is 10.9 Å². The molecule has 0 spiro atoms. The van der Waals surface area contributed by atoms with Crippen molar-refractivity contribution in [2.75, 3.05) is 0 Å². The fourth-order valence-corrected chi connectivity index (χ4v) is 1.38. The average Bonchev–Trinajstić information content (AvgIpc) is 2.12. The van der Waals surface area contributed by atoms with E-state index in [0.717, 1.165) is 5.56 Å². The lowest BCUT2D eigenvalue weighted by atomic mass is 10.1.